The third-order valence-corrected chi connectivity index (χ3v) is 6.13. The number of likely N-dealkylation sites (tertiary alicyclic amines) is 1. The van der Waals surface area contributed by atoms with Gasteiger partial charge in [0.2, 0.25) is 0 Å². The molecule has 3 rings (SSSR count). The minimum Gasteiger partial charge on any atom is -0.444 e. The van der Waals surface area contributed by atoms with Gasteiger partial charge < -0.3 is 9.64 Å². The van der Waals surface area contributed by atoms with E-state index < -0.39 is 5.60 Å². The highest BCUT2D eigenvalue weighted by molar-refractivity contribution is 5.68. The first-order valence-corrected chi connectivity index (χ1v) is 10.2. The minimum absolute atomic E-state index is 0.0666. The van der Waals surface area contributed by atoms with E-state index in [0.717, 1.165) is 25.2 Å². The summed E-state index contributed by atoms with van der Waals surface area (Å²) in [6.45, 7) is 7.08. The SMILES string of the molecule is CC(C)(C)OC(=O)N1CCC(CC#N)(CCC2CC2c2ccccc2)CC1. The van der Waals surface area contributed by atoms with Crippen molar-refractivity contribution in [1.29, 1.82) is 5.26 Å². The number of nitrogens with zero attached hydrogens (tertiary/aromatic N) is 2. The van der Waals surface area contributed by atoms with E-state index in [-0.39, 0.29) is 11.5 Å². The summed E-state index contributed by atoms with van der Waals surface area (Å²) in [6.07, 6.45) is 5.74. The monoisotopic (exact) mass is 368 g/mol. The van der Waals surface area contributed by atoms with Crippen LogP contribution in [0.15, 0.2) is 30.3 Å². The van der Waals surface area contributed by atoms with Crippen LogP contribution in [0.2, 0.25) is 0 Å². The highest BCUT2D eigenvalue weighted by Gasteiger charge is 2.42. The van der Waals surface area contributed by atoms with E-state index in [2.05, 4.69) is 36.4 Å². The molecule has 0 N–H and O–H groups in total. The maximum Gasteiger partial charge on any atom is 0.410 e. The van der Waals surface area contributed by atoms with Gasteiger partial charge in [-0.25, -0.2) is 4.79 Å². The molecule has 1 aliphatic carbocycles. The Labute approximate surface area is 163 Å². The van der Waals surface area contributed by atoms with Gasteiger partial charge in [0.1, 0.15) is 5.60 Å². The normalized spacial score (nSPS) is 24.1. The molecule has 27 heavy (non-hydrogen) atoms. The molecule has 146 valence electrons. The molecule has 1 saturated heterocycles. The second-order valence-electron chi connectivity index (χ2n) is 9.35. The van der Waals surface area contributed by atoms with Gasteiger partial charge in [-0.2, -0.15) is 5.26 Å². The maximum atomic E-state index is 12.3. The van der Waals surface area contributed by atoms with E-state index in [1.54, 1.807) is 0 Å². The zero-order chi connectivity index (χ0) is 19.5. The van der Waals surface area contributed by atoms with Gasteiger partial charge in [0.25, 0.3) is 0 Å². The smallest absolute Gasteiger partial charge is 0.410 e. The highest BCUT2D eigenvalue weighted by atomic mass is 16.6. The summed E-state index contributed by atoms with van der Waals surface area (Å²) in [7, 11) is 0. The molecule has 0 aromatic heterocycles. The van der Waals surface area contributed by atoms with Crippen LogP contribution in [0.1, 0.15) is 70.8 Å². The lowest BCUT2D eigenvalue weighted by Crippen LogP contribution is -2.45. The average molecular weight is 369 g/mol. The fourth-order valence-corrected chi connectivity index (χ4v) is 4.34. The van der Waals surface area contributed by atoms with Crippen LogP contribution >= 0.6 is 0 Å². The summed E-state index contributed by atoms with van der Waals surface area (Å²) < 4.78 is 5.50. The Morgan fingerprint density at radius 2 is 1.93 bits per heavy atom. The van der Waals surface area contributed by atoms with E-state index in [1.807, 2.05) is 25.7 Å². The van der Waals surface area contributed by atoms with Crippen molar-refractivity contribution < 1.29 is 9.53 Å². The molecule has 0 radical (unpaired) electrons. The van der Waals surface area contributed by atoms with Crippen LogP contribution in [-0.4, -0.2) is 29.7 Å². The third kappa shape index (κ3) is 5.25. The van der Waals surface area contributed by atoms with Gasteiger partial charge in [-0.15, -0.1) is 0 Å². The van der Waals surface area contributed by atoms with Gasteiger partial charge in [-0.05, 0) is 75.7 Å². The van der Waals surface area contributed by atoms with E-state index in [4.69, 9.17) is 4.74 Å². The lowest BCUT2D eigenvalue weighted by molar-refractivity contribution is 0.00897. The quantitative estimate of drug-likeness (QED) is 0.689. The molecular weight excluding hydrogens is 336 g/mol. The molecule has 1 aliphatic heterocycles. The molecule has 2 atom stereocenters. The molecule has 1 heterocycles. The van der Waals surface area contributed by atoms with Gasteiger partial charge >= 0.3 is 6.09 Å². The van der Waals surface area contributed by atoms with Gasteiger partial charge in [-0.3, -0.25) is 0 Å². The molecule has 1 aromatic rings. The lowest BCUT2D eigenvalue weighted by atomic mass is 9.72. The van der Waals surface area contributed by atoms with Crippen LogP contribution in [0.5, 0.6) is 0 Å². The second-order valence-corrected chi connectivity index (χ2v) is 9.35. The molecule has 4 heteroatoms. The summed E-state index contributed by atoms with van der Waals surface area (Å²) in [5, 5.41) is 9.37. The minimum atomic E-state index is -0.462. The molecule has 1 aromatic carbocycles. The van der Waals surface area contributed by atoms with E-state index in [0.29, 0.717) is 25.4 Å². The first kappa shape index (κ1) is 19.7. The molecule has 2 aliphatic rings. The fraction of sp³-hybridized carbons (Fsp3) is 0.652. The van der Waals surface area contributed by atoms with Crippen molar-refractivity contribution >= 4 is 6.09 Å². The summed E-state index contributed by atoms with van der Waals surface area (Å²) in [5.41, 5.74) is 1.06. The van der Waals surface area contributed by atoms with E-state index in [1.165, 1.54) is 18.4 Å². The Balaban J connectivity index is 1.51. The number of hydrogen-bond acceptors (Lipinski definition) is 3. The van der Waals surface area contributed by atoms with Crippen molar-refractivity contribution in [1.82, 2.24) is 4.90 Å². The van der Waals surface area contributed by atoms with E-state index in [9.17, 15) is 10.1 Å². The predicted molar refractivity (Wildman–Crippen MR) is 106 cm³/mol. The van der Waals surface area contributed by atoms with Gasteiger partial charge in [0, 0.05) is 19.5 Å². The number of benzene rings is 1. The van der Waals surface area contributed by atoms with Gasteiger partial charge in [0.05, 0.1) is 6.07 Å². The van der Waals surface area contributed by atoms with Crippen LogP contribution in [0.3, 0.4) is 0 Å². The van der Waals surface area contributed by atoms with Crippen molar-refractivity contribution in [2.24, 2.45) is 11.3 Å². The van der Waals surface area contributed by atoms with Crippen LogP contribution in [0, 0.1) is 22.7 Å². The molecule has 1 amide bonds. The first-order chi connectivity index (χ1) is 12.8. The van der Waals surface area contributed by atoms with Crippen LogP contribution in [0.25, 0.3) is 0 Å². The predicted octanol–water partition coefficient (Wildman–Crippen LogP) is 5.50. The van der Waals surface area contributed by atoms with E-state index >= 15 is 0 Å². The Hall–Kier alpha value is -2.02. The standard InChI is InChI=1S/C23H32N2O2/c1-22(2,3)27-21(26)25-15-12-23(11-14-24,13-16-25)10-9-19-17-20(19)18-7-5-4-6-8-18/h4-8,19-20H,9-13,15-17H2,1-3H3. The highest BCUT2D eigenvalue weighted by Crippen LogP contribution is 2.52. The first-order valence-electron chi connectivity index (χ1n) is 10.2. The summed E-state index contributed by atoms with van der Waals surface area (Å²) in [6, 6.07) is 13.2. The molecule has 0 bridgehead atoms. The number of carbonyl (C=O) groups excluding carboxylic acids is 1. The molecule has 1 saturated carbocycles. The summed E-state index contributed by atoms with van der Waals surface area (Å²) >= 11 is 0. The zero-order valence-electron chi connectivity index (χ0n) is 16.9. The Morgan fingerprint density at radius 3 is 2.52 bits per heavy atom. The van der Waals surface area contributed by atoms with Gasteiger partial charge in [0.15, 0.2) is 0 Å². The van der Waals surface area contributed by atoms with Crippen molar-refractivity contribution in [3.8, 4) is 6.07 Å². The van der Waals surface area contributed by atoms with Crippen molar-refractivity contribution in [3.63, 3.8) is 0 Å². The lowest BCUT2D eigenvalue weighted by Gasteiger charge is -2.41. The molecule has 2 fully saturated rings. The fourth-order valence-electron chi connectivity index (χ4n) is 4.34. The second kappa shape index (κ2) is 7.92. The third-order valence-electron chi connectivity index (χ3n) is 6.13. The van der Waals surface area contributed by atoms with Crippen molar-refractivity contribution in [3.05, 3.63) is 35.9 Å². The zero-order valence-corrected chi connectivity index (χ0v) is 16.9. The molecule has 2 unspecified atom stereocenters. The topological polar surface area (TPSA) is 53.3 Å². The molecular formula is C23H32N2O2. The number of carbonyl (C=O) groups is 1. The molecule has 4 nitrogen and oxygen atoms in total. The largest absolute Gasteiger partial charge is 0.444 e. The van der Waals surface area contributed by atoms with Crippen molar-refractivity contribution in [2.75, 3.05) is 13.1 Å². The molecule has 0 spiro atoms. The number of hydrogen-bond donors (Lipinski definition) is 0. The summed E-state index contributed by atoms with van der Waals surface area (Å²) in [5.74, 6) is 1.46. The Morgan fingerprint density at radius 1 is 1.26 bits per heavy atom. The number of nitriles is 1. The number of amides is 1. The van der Waals surface area contributed by atoms with Crippen LogP contribution in [-0.2, 0) is 4.74 Å². The summed E-state index contributed by atoms with van der Waals surface area (Å²) in [4.78, 5) is 14.1. The number of rotatable bonds is 5. The van der Waals surface area contributed by atoms with Gasteiger partial charge in [-0.1, -0.05) is 30.3 Å². The number of ether oxygens (including phenoxy) is 1. The average Bonchev–Trinajstić information content (AvgIpc) is 3.40. The van der Waals surface area contributed by atoms with Crippen LogP contribution < -0.4 is 0 Å². The maximum absolute atomic E-state index is 12.3. The van der Waals surface area contributed by atoms with Crippen LogP contribution in [0.4, 0.5) is 4.79 Å². The number of piperidine rings is 1. The van der Waals surface area contributed by atoms with Crippen molar-refractivity contribution in [2.45, 2.75) is 70.8 Å². The Kier molecular flexibility index (Phi) is 5.79. The Bertz CT molecular complexity index is 679.